The molecular formula is C12H14F3N3S. The van der Waals surface area contributed by atoms with Crippen molar-refractivity contribution in [1.29, 1.82) is 0 Å². The van der Waals surface area contributed by atoms with Crippen molar-refractivity contribution in [3.8, 4) is 0 Å². The number of rotatable bonds is 2. The number of pyridine rings is 1. The van der Waals surface area contributed by atoms with Gasteiger partial charge in [-0.1, -0.05) is 12.2 Å². The van der Waals surface area contributed by atoms with Gasteiger partial charge >= 0.3 is 6.18 Å². The Bertz CT molecular complexity index is 468. The lowest BCUT2D eigenvalue weighted by molar-refractivity contribution is -0.179. The number of piperidine rings is 1. The molecule has 104 valence electrons. The smallest absolute Gasteiger partial charge is 0.388 e. The molecule has 0 radical (unpaired) electrons. The minimum absolute atomic E-state index is 0.0924. The molecule has 2 N–H and O–H groups in total. The van der Waals surface area contributed by atoms with Crippen molar-refractivity contribution < 1.29 is 13.2 Å². The molecule has 0 spiro atoms. The highest BCUT2D eigenvalue weighted by atomic mass is 32.1. The summed E-state index contributed by atoms with van der Waals surface area (Å²) >= 11 is 4.91. The van der Waals surface area contributed by atoms with E-state index < -0.39 is 12.1 Å². The molecular weight excluding hydrogens is 275 g/mol. The van der Waals surface area contributed by atoms with Crippen molar-refractivity contribution in [1.82, 2.24) is 4.98 Å². The number of alkyl halides is 3. The highest BCUT2D eigenvalue weighted by molar-refractivity contribution is 7.80. The predicted molar refractivity (Wildman–Crippen MR) is 71.1 cm³/mol. The summed E-state index contributed by atoms with van der Waals surface area (Å²) in [6.45, 7) is 0.678. The largest absolute Gasteiger partial charge is 0.391 e. The van der Waals surface area contributed by atoms with Crippen LogP contribution in [0.3, 0.4) is 0 Å². The molecule has 1 aliphatic rings. The first-order valence-electron chi connectivity index (χ1n) is 5.96. The van der Waals surface area contributed by atoms with Crippen LogP contribution in [-0.4, -0.2) is 29.2 Å². The monoisotopic (exact) mass is 289 g/mol. The third-order valence-electron chi connectivity index (χ3n) is 3.32. The van der Waals surface area contributed by atoms with Crippen LogP contribution in [0.5, 0.6) is 0 Å². The van der Waals surface area contributed by atoms with Crippen molar-refractivity contribution in [2.24, 2.45) is 11.7 Å². The molecule has 7 heteroatoms. The summed E-state index contributed by atoms with van der Waals surface area (Å²) in [6, 6.07) is 3.52. The van der Waals surface area contributed by atoms with Gasteiger partial charge in [-0.2, -0.15) is 13.2 Å². The quantitative estimate of drug-likeness (QED) is 0.849. The second kappa shape index (κ2) is 5.32. The van der Waals surface area contributed by atoms with Gasteiger partial charge in [-0.05, 0) is 25.0 Å². The molecule has 0 unspecified atom stereocenters. The maximum absolute atomic E-state index is 12.6. The third kappa shape index (κ3) is 3.15. The van der Waals surface area contributed by atoms with E-state index in [1.165, 1.54) is 0 Å². The van der Waals surface area contributed by atoms with Gasteiger partial charge in [0.15, 0.2) is 0 Å². The number of hydrogen-bond donors (Lipinski definition) is 1. The molecule has 0 bridgehead atoms. The summed E-state index contributed by atoms with van der Waals surface area (Å²) in [7, 11) is 0. The Balaban J connectivity index is 2.12. The normalized spacial score (nSPS) is 17.5. The summed E-state index contributed by atoms with van der Waals surface area (Å²) in [5.41, 5.74) is 6.77. The lowest BCUT2D eigenvalue weighted by Gasteiger charge is -2.34. The molecule has 19 heavy (non-hydrogen) atoms. The Morgan fingerprint density at radius 2 is 2.00 bits per heavy atom. The molecule has 1 saturated heterocycles. The van der Waals surface area contributed by atoms with Gasteiger partial charge in [0, 0.05) is 19.3 Å². The van der Waals surface area contributed by atoms with Crippen molar-refractivity contribution >= 4 is 22.9 Å². The highest BCUT2D eigenvalue weighted by Gasteiger charge is 2.41. The molecule has 1 aromatic heterocycles. The van der Waals surface area contributed by atoms with E-state index in [1.807, 2.05) is 4.90 Å². The van der Waals surface area contributed by atoms with E-state index in [0.29, 0.717) is 18.8 Å². The van der Waals surface area contributed by atoms with E-state index in [-0.39, 0.29) is 17.8 Å². The standard InChI is InChI=1S/C12H14F3N3S/c13-12(14,15)8-3-6-18(7-4-8)9-2-1-5-17-10(9)11(16)19/h1-2,5,8H,3-4,6-7H2,(H2,16,19). The van der Waals surface area contributed by atoms with Gasteiger partial charge in [0.2, 0.25) is 0 Å². The van der Waals surface area contributed by atoms with Crippen LogP contribution in [0.15, 0.2) is 18.3 Å². The van der Waals surface area contributed by atoms with Crippen LogP contribution >= 0.6 is 12.2 Å². The van der Waals surface area contributed by atoms with Crippen molar-refractivity contribution in [3.05, 3.63) is 24.0 Å². The van der Waals surface area contributed by atoms with E-state index in [2.05, 4.69) is 4.98 Å². The molecule has 2 heterocycles. The van der Waals surface area contributed by atoms with E-state index in [9.17, 15) is 13.2 Å². The average Bonchev–Trinajstić information content (AvgIpc) is 2.38. The van der Waals surface area contributed by atoms with Gasteiger partial charge in [-0.15, -0.1) is 0 Å². The Hall–Kier alpha value is -1.37. The van der Waals surface area contributed by atoms with Crippen molar-refractivity contribution in [2.75, 3.05) is 18.0 Å². The zero-order valence-corrected chi connectivity index (χ0v) is 11.0. The fourth-order valence-electron chi connectivity index (χ4n) is 2.29. The van der Waals surface area contributed by atoms with Crippen LogP contribution in [0.4, 0.5) is 18.9 Å². The van der Waals surface area contributed by atoms with Crippen molar-refractivity contribution in [2.45, 2.75) is 19.0 Å². The number of nitrogens with zero attached hydrogens (tertiary/aromatic N) is 2. The number of nitrogens with two attached hydrogens (primary N) is 1. The third-order valence-corrected chi connectivity index (χ3v) is 3.51. The SMILES string of the molecule is NC(=S)c1ncccc1N1CCC(C(F)(F)F)CC1. The first kappa shape index (κ1) is 14.0. The molecule has 2 rings (SSSR count). The number of halogens is 3. The molecule has 1 aliphatic heterocycles. The second-order valence-corrected chi connectivity index (χ2v) is 4.98. The zero-order chi connectivity index (χ0) is 14.0. The Morgan fingerprint density at radius 1 is 1.37 bits per heavy atom. The zero-order valence-electron chi connectivity index (χ0n) is 10.2. The van der Waals surface area contributed by atoms with Crippen LogP contribution in [0.25, 0.3) is 0 Å². The number of anilines is 1. The summed E-state index contributed by atoms with van der Waals surface area (Å²) in [4.78, 5) is 6.12. The van der Waals surface area contributed by atoms with Gasteiger partial charge in [0.1, 0.15) is 10.7 Å². The van der Waals surface area contributed by atoms with E-state index >= 15 is 0 Å². The Kier molecular flexibility index (Phi) is 3.93. The Morgan fingerprint density at radius 3 is 2.53 bits per heavy atom. The summed E-state index contributed by atoms with van der Waals surface area (Å²) in [5.74, 6) is -1.21. The number of aromatic nitrogens is 1. The van der Waals surface area contributed by atoms with Crippen molar-refractivity contribution in [3.63, 3.8) is 0 Å². The fourth-order valence-corrected chi connectivity index (χ4v) is 2.45. The van der Waals surface area contributed by atoms with Crippen LogP contribution in [-0.2, 0) is 0 Å². The minimum atomic E-state index is -4.10. The Labute approximate surface area is 114 Å². The maximum atomic E-state index is 12.6. The molecule has 0 saturated carbocycles. The van der Waals surface area contributed by atoms with Crippen LogP contribution in [0.2, 0.25) is 0 Å². The van der Waals surface area contributed by atoms with Gasteiger partial charge in [0.05, 0.1) is 11.6 Å². The van der Waals surface area contributed by atoms with Crippen LogP contribution in [0, 0.1) is 5.92 Å². The summed E-state index contributed by atoms with van der Waals surface area (Å²) in [5, 5.41) is 0. The predicted octanol–water partition coefficient (Wildman–Crippen LogP) is 2.49. The molecule has 0 aliphatic carbocycles. The van der Waals surface area contributed by atoms with Crippen LogP contribution < -0.4 is 10.6 Å². The van der Waals surface area contributed by atoms with E-state index in [1.54, 1.807) is 18.3 Å². The lowest BCUT2D eigenvalue weighted by Crippen LogP contribution is -2.39. The topological polar surface area (TPSA) is 42.1 Å². The molecule has 3 nitrogen and oxygen atoms in total. The number of hydrogen-bond acceptors (Lipinski definition) is 3. The van der Waals surface area contributed by atoms with Gasteiger partial charge in [0.25, 0.3) is 0 Å². The second-order valence-electron chi connectivity index (χ2n) is 4.54. The molecule has 0 amide bonds. The highest BCUT2D eigenvalue weighted by Crippen LogP contribution is 2.35. The summed E-state index contributed by atoms with van der Waals surface area (Å²) in [6.07, 6.45) is -2.35. The lowest BCUT2D eigenvalue weighted by atomic mass is 9.96. The minimum Gasteiger partial charge on any atom is -0.388 e. The van der Waals surface area contributed by atoms with E-state index in [4.69, 9.17) is 18.0 Å². The van der Waals surface area contributed by atoms with Gasteiger partial charge in [-0.25, -0.2) is 0 Å². The summed E-state index contributed by atoms with van der Waals surface area (Å²) < 4.78 is 37.8. The van der Waals surface area contributed by atoms with Gasteiger partial charge in [-0.3, -0.25) is 4.98 Å². The molecule has 1 aromatic rings. The van der Waals surface area contributed by atoms with E-state index in [0.717, 1.165) is 5.69 Å². The molecule has 0 aromatic carbocycles. The number of thiocarbonyl (C=S) groups is 1. The first-order chi connectivity index (χ1) is 8.89. The maximum Gasteiger partial charge on any atom is 0.391 e. The fraction of sp³-hybridized carbons (Fsp3) is 0.500. The van der Waals surface area contributed by atoms with Gasteiger partial charge < -0.3 is 10.6 Å². The average molecular weight is 289 g/mol. The first-order valence-corrected chi connectivity index (χ1v) is 6.37. The molecule has 1 fully saturated rings. The molecule has 0 atom stereocenters. The van der Waals surface area contributed by atoms with Crippen LogP contribution in [0.1, 0.15) is 18.5 Å².